The summed E-state index contributed by atoms with van der Waals surface area (Å²) in [4.78, 5) is 24.5. The molecule has 0 aliphatic rings. The Morgan fingerprint density at radius 3 is 0.973 bits per heavy atom. The molecule has 0 heterocycles. The molecule has 0 fully saturated rings. The van der Waals surface area contributed by atoms with Gasteiger partial charge in [0.05, 0.1) is 25.4 Å². The number of nitrogens with one attached hydrogen (secondary N) is 1. The van der Waals surface area contributed by atoms with E-state index in [4.69, 9.17) is 4.74 Å². The molecule has 0 bridgehead atoms. The second-order valence-electron chi connectivity index (χ2n) is 22.8. The molecule has 0 aromatic heterocycles. The van der Waals surface area contributed by atoms with Crippen molar-refractivity contribution < 1.29 is 24.5 Å². The lowest BCUT2D eigenvalue weighted by Gasteiger charge is -2.20. The maximum Gasteiger partial charge on any atom is 0.305 e. The fourth-order valence-corrected chi connectivity index (χ4v) is 10.4. The van der Waals surface area contributed by atoms with Gasteiger partial charge in [-0.15, -0.1) is 0 Å². The Labute approximate surface area is 456 Å². The monoisotopic (exact) mass is 1030 g/mol. The third kappa shape index (κ3) is 59.4. The lowest BCUT2D eigenvalue weighted by Crippen LogP contribution is -2.45. The van der Waals surface area contributed by atoms with Crippen LogP contribution in [0.15, 0.2) is 24.3 Å². The number of aliphatic hydroxyl groups excluding tert-OH is 2. The molecule has 1 amide bonds. The van der Waals surface area contributed by atoms with Gasteiger partial charge in [0.25, 0.3) is 0 Å². The first-order valence-corrected chi connectivity index (χ1v) is 33.1. The molecule has 0 rings (SSSR count). The van der Waals surface area contributed by atoms with Gasteiger partial charge in [-0.2, -0.15) is 0 Å². The number of hydrogen-bond donors (Lipinski definition) is 3. The van der Waals surface area contributed by atoms with Crippen molar-refractivity contribution in [1.82, 2.24) is 5.32 Å². The first kappa shape index (κ1) is 71.3. The van der Waals surface area contributed by atoms with Crippen LogP contribution >= 0.6 is 0 Å². The highest BCUT2D eigenvalue weighted by molar-refractivity contribution is 5.76. The van der Waals surface area contributed by atoms with E-state index in [1.807, 2.05) is 6.08 Å². The Hall–Kier alpha value is -1.66. The number of allylic oxidation sites excluding steroid dienone is 3. The smallest absolute Gasteiger partial charge is 0.305 e. The van der Waals surface area contributed by atoms with Crippen LogP contribution in [0.1, 0.15) is 367 Å². The zero-order valence-electron chi connectivity index (χ0n) is 49.4. The molecule has 2 atom stereocenters. The number of ether oxygens (including phenoxy) is 1. The van der Waals surface area contributed by atoms with Gasteiger partial charge in [-0.05, 0) is 57.8 Å². The van der Waals surface area contributed by atoms with Crippen LogP contribution in [0.3, 0.4) is 0 Å². The Morgan fingerprint density at radius 1 is 0.370 bits per heavy atom. The van der Waals surface area contributed by atoms with Crippen molar-refractivity contribution in [2.45, 2.75) is 379 Å². The second kappa shape index (κ2) is 62.9. The van der Waals surface area contributed by atoms with E-state index in [1.54, 1.807) is 6.08 Å². The van der Waals surface area contributed by atoms with Gasteiger partial charge in [0.2, 0.25) is 5.91 Å². The lowest BCUT2D eigenvalue weighted by atomic mass is 10.0. The van der Waals surface area contributed by atoms with Crippen LogP contribution in [0.25, 0.3) is 0 Å². The van der Waals surface area contributed by atoms with E-state index in [-0.39, 0.29) is 18.5 Å². The Bertz CT molecular complexity index is 1140. The highest BCUT2D eigenvalue weighted by Gasteiger charge is 2.18. The molecule has 0 saturated heterocycles. The Kier molecular flexibility index (Phi) is 61.4. The molecular weight excluding hydrogens is 899 g/mol. The summed E-state index contributed by atoms with van der Waals surface area (Å²) in [6, 6.07) is -0.627. The predicted molar refractivity (Wildman–Crippen MR) is 320 cm³/mol. The quantitative estimate of drug-likeness (QED) is 0.0320. The summed E-state index contributed by atoms with van der Waals surface area (Å²) in [6.45, 7) is 4.92. The number of hydrogen-bond acceptors (Lipinski definition) is 5. The van der Waals surface area contributed by atoms with E-state index in [1.165, 1.54) is 302 Å². The number of unbranched alkanes of at least 4 members (excludes halogenated alkanes) is 49. The fraction of sp³-hybridized carbons (Fsp3) is 0.910. The number of carbonyl (C=O) groups excluding carboxylic acids is 2. The molecule has 0 aromatic rings. The molecule has 2 unspecified atom stereocenters. The summed E-state index contributed by atoms with van der Waals surface area (Å²) in [5.41, 5.74) is 0. The van der Waals surface area contributed by atoms with Crippen LogP contribution in [0.5, 0.6) is 0 Å². The summed E-state index contributed by atoms with van der Waals surface area (Å²) in [6.07, 6.45) is 78.2. The molecular formula is C67H129NO5. The summed E-state index contributed by atoms with van der Waals surface area (Å²) in [5.74, 6) is -0.0491. The van der Waals surface area contributed by atoms with Gasteiger partial charge in [-0.3, -0.25) is 9.59 Å². The molecule has 6 nitrogen and oxygen atoms in total. The maximum absolute atomic E-state index is 12.4. The standard InChI is InChI=1S/C67H129NO5/c1-3-5-7-9-11-13-15-17-18-30-34-37-41-45-49-53-57-61-67(72)73-62-58-54-50-46-42-38-35-32-29-27-25-23-21-19-20-22-24-26-28-31-33-36-40-44-48-52-56-60-66(71)68-64(63-69)65(70)59-55-51-47-43-39-16-14-12-10-8-6-4-2/h19-20,55,59,64-65,69-70H,3-18,21-54,56-58,60-63H2,1-2H3,(H,68,71)/b20-19-,59-55+. The van der Waals surface area contributed by atoms with Crippen LogP contribution in [0, 0.1) is 0 Å². The molecule has 432 valence electrons. The summed E-state index contributed by atoms with van der Waals surface area (Å²) in [7, 11) is 0. The molecule has 0 radical (unpaired) electrons. The van der Waals surface area contributed by atoms with Crippen LogP contribution in [0.4, 0.5) is 0 Å². The molecule has 0 aliphatic carbocycles. The minimum Gasteiger partial charge on any atom is -0.466 e. The van der Waals surface area contributed by atoms with Crippen molar-refractivity contribution in [1.29, 1.82) is 0 Å². The molecule has 0 spiro atoms. The van der Waals surface area contributed by atoms with Crippen LogP contribution < -0.4 is 5.32 Å². The van der Waals surface area contributed by atoms with Crippen LogP contribution in [-0.2, 0) is 14.3 Å². The van der Waals surface area contributed by atoms with E-state index < -0.39 is 12.1 Å². The SMILES string of the molecule is CCCCCCCCCCCC/C=C/C(O)C(CO)NC(=O)CCCCCCCCCCCCC/C=C\CCCCCCCCCCCCCCOC(=O)CCCCCCCCCCCCCCCCCCC. The van der Waals surface area contributed by atoms with Crippen molar-refractivity contribution in [2.75, 3.05) is 13.2 Å². The van der Waals surface area contributed by atoms with Crippen molar-refractivity contribution in [3.63, 3.8) is 0 Å². The van der Waals surface area contributed by atoms with Gasteiger partial charge in [0.1, 0.15) is 0 Å². The van der Waals surface area contributed by atoms with Crippen molar-refractivity contribution in [2.24, 2.45) is 0 Å². The highest BCUT2D eigenvalue weighted by Crippen LogP contribution is 2.18. The molecule has 3 N–H and O–H groups in total. The average Bonchev–Trinajstić information content (AvgIpc) is 3.39. The van der Waals surface area contributed by atoms with Gasteiger partial charge in [0.15, 0.2) is 0 Å². The third-order valence-electron chi connectivity index (χ3n) is 15.5. The Balaban J connectivity index is 3.36. The fourth-order valence-electron chi connectivity index (χ4n) is 10.4. The number of carbonyl (C=O) groups is 2. The largest absolute Gasteiger partial charge is 0.466 e. The normalized spacial score (nSPS) is 12.7. The third-order valence-corrected chi connectivity index (χ3v) is 15.5. The van der Waals surface area contributed by atoms with Gasteiger partial charge < -0.3 is 20.3 Å². The lowest BCUT2D eigenvalue weighted by molar-refractivity contribution is -0.143. The number of esters is 1. The molecule has 73 heavy (non-hydrogen) atoms. The van der Waals surface area contributed by atoms with Crippen molar-refractivity contribution in [3.8, 4) is 0 Å². The topological polar surface area (TPSA) is 95.9 Å². The number of amides is 1. The van der Waals surface area contributed by atoms with E-state index in [2.05, 4.69) is 31.3 Å². The van der Waals surface area contributed by atoms with Gasteiger partial charge >= 0.3 is 5.97 Å². The average molecular weight is 1030 g/mol. The summed E-state index contributed by atoms with van der Waals surface area (Å²) in [5, 5.41) is 23.1. The Morgan fingerprint density at radius 2 is 0.644 bits per heavy atom. The van der Waals surface area contributed by atoms with Gasteiger partial charge in [-0.25, -0.2) is 0 Å². The summed E-state index contributed by atoms with van der Waals surface area (Å²) >= 11 is 0. The zero-order chi connectivity index (χ0) is 52.9. The molecule has 0 saturated carbocycles. The maximum atomic E-state index is 12.4. The molecule has 6 heteroatoms. The minimum atomic E-state index is -0.843. The van der Waals surface area contributed by atoms with E-state index >= 15 is 0 Å². The molecule has 0 aliphatic heterocycles. The minimum absolute atomic E-state index is 0.0191. The first-order chi connectivity index (χ1) is 36.0. The van der Waals surface area contributed by atoms with E-state index in [0.717, 1.165) is 38.5 Å². The zero-order valence-corrected chi connectivity index (χ0v) is 49.4. The van der Waals surface area contributed by atoms with E-state index in [0.29, 0.717) is 19.4 Å². The highest BCUT2D eigenvalue weighted by atomic mass is 16.5. The molecule has 0 aromatic carbocycles. The van der Waals surface area contributed by atoms with Gasteiger partial charge in [0, 0.05) is 12.8 Å². The second-order valence-corrected chi connectivity index (χ2v) is 22.8. The summed E-state index contributed by atoms with van der Waals surface area (Å²) < 4.78 is 5.50. The number of aliphatic hydroxyl groups is 2. The number of rotatable bonds is 62. The van der Waals surface area contributed by atoms with E-state index in [9.17, 15) is 19.8 Å². The van der Waals surface area contributed by atoms with Crippen LogP contribution in [0.2, 0.25) is 0 Å². The van der Waals surface area contributed by atoms with Gasteiger partial charge in [-0.1, -0.05) is 321 Å². The van der Waals surface area contributed by atoms with Crippen molar-refractivity contribution >= 4 is 11.9 Å². The first-order valence-electron chi connectivity index (χ1n) is 33.1. The predicted octanol–water partition coefficient (Wildman–Crippen LogP) is 21.0. The van der Waals surface area contributed by atoms with Crippen molar-refractivity contribution in [3.05, 3.63) is 24.3 Å². The van der Waals surface area contributed by atoms with Crippen LogP contribution in [-0.4, -0.2) is 47.4 Å².